The average molecular weight is 278 g/mol. The number of rotatable bonds is 4. The first-order valence-electron chi connectivity index (χ1n) is 6.02. The van der Waals surface area contributed by atoms with Gasteiger partial charge in [0.15, 0.2) is 0 Å². The Hall–Kier alpha value is -1.52. The molecule has 2 aromatic rings. The summed E-state index contributed by atoms with van der Waals surface area (Å²) in [6, 6.07) is 5.84. The molecule has 1 heterocycles. The third kappa shape index (κ3) is 2.74. The van der Waals surface area contributed by atoms with Crippen molar-refractivity contribution in [3.8, 4) is 11.5 Å². The number of thiophene rings is 1. The standard InChI is InChI=1S/C15H18O3S/c1-9-5-10(2)14(12(6-9)18-4)15(16)13-7-11(17-3)8-19-13/h5-8,15-16H,1-4H3. The van der Waals surface area contributed by atoms with Crippen LogP contribution in [0.2, 0.25) is 0 Å². The lowest BCUT2D eigenvalue weighted by atomic mass is 9.98. The van der Waals surface area contributed by atoms with Crippen molar-refractivity contribution in [2.75, 3.05) is 14.2 Å². The topological polar surface area (TPSA) is 38.7 Å². The zero-order chi connectivity index (χ0) is 14.0. The molecular formula is C15H18O3S. The maximum absolute atomic E-state index is 10.6. The highest BCUT2D eigenvalue weighted by Crippen LogP contribution is 2.37. The van der Waals surface area contributed by atoms with Gasteiger partial charge in [0.2, 0.25) is 0 Å². The molecule has 4 heteroatoms. The van der Waals surface area contributed by atoms with Gasteiger partial charge in [-0.3, -0.25) is 0 Å². The molecule has 0 fully saturated rings. The minimum absolute atomic E-state index is 0.690. The zero-order valence-corrected chi connectivity index (χ0v) is 12.4. The van der Waals surface area contributed by atoms with E-state index in [1.54, 1.807) is 14.2 Å². The summed E-state index contributed by atoms with van der Waals surface area (Å²) in [4.78, 5) is 0.849. The molecule has 1 unspecified atom stereocenters. The fourth-order valence-corrected chi connectivity index (χ4v) is 3.03. The van der Waals surface area contributed by atoms with Gasteiger partial charge in [0.1, 0.15) is 17.6 Å². The van der Waals surface area contributed by atoms with Crippen LogP contribution < -0.4 is 9.47 Å². The van der Waals surface area contributed by atoms with Crippen LogP contribution >= 0.6 is 11.3 Å². The number of hydrogen-bond donors (Lipinski definition) is 1. The fraction of sp³-hybridized carbons (Fsp3) is 0.333. The second kappa shape index (κ2) is 5.63. The maximum atomic E-state index is 10.6. The number of methoxy groups -OCH3 is 2. The monoisotopic (exact) mass is 278 g/mol. The molecule has 0 radical (unpaired) electrons. The summed E-state index contributed by atoms with van der Waals surface area (Å²) in [5.74, 6) is 1.49. The van der Waals surface area contributed by atoms with E-state index in [-0.39, 0.29) is 0 Å². The lowest BCUT2D eigenvalue weighted by Crippen LogP contribution is -2.04. The molecule has 0 aliphatic carbocycles. The van der Waals surface area contributed by atoms with Gasteiger partial charge in [-0.25, -0.2) is 0 Å². The lowest BCUT2D eigenvalue weighted by molar-refractivity contribution is 0.217. The van der Waals surface area contributed by atoms with Gasteiger partial charge in [-0.2, -0.15) is 0 Å². The van der Waals surface area contributed by atoms with Crippen LogP contribution in [0.5, 0.6) is 11.5 Å². The van der Waals surface area contributed by atoms with Crippen molar-refractivity contribution in [1.29, 1.82) is 0 Å². The Morgan fingerprint density at radius 2 is 1.84 bits per heavy atom. The van der Waals surface area contributed by atoms with E-state index < -0.39 is 6.10 Å². The van der Waals surface area contributed by atoms with Crippen molar-refractivity contribution in [3.05, 3.63) is 45.1 Å². The molecule has 0 aliphatic heterocycles. The first-order valence-corrected chi connectivity index (χ1v) is 6.90. The number of benzene rings is 1. The quantitative estimate of drug-likeness (QED) is 0.930. The number of aliphatic hydroxyl groups is 1. The van der Waals surface area contributed by atoms with E-state index in [9.17, 15) is 5.11 Å². The van der Waals surface area contributed by atoms with Gasteiger partial charge in [0.05, 0.1) is 14.2 Å². The summed E-state index contributed by atoms with van der Waals surface area (Å²) in [7, 11) is 3.25. The molecule has 1 aromatic carbocycles. The van der Waals surface area contributed by atoms with Crippen LogP contribution in [-0.4, -0.2) is 19.3 Å². The minimum atomic E-state index is -0.690. The maximum Gasteiger partial charge on any atom is 0.129 e. The number of ether oxygens (including phenoxy) is 2. The Morgan fingerprint density at radius 1 is 1.11 bits per heavy atom. The van der Waals surface area contributed by atoms with Crippen molar-refractivity contribution >= 4 is 11.3 Å². The third-order valence-corrected chi connectivity index (χ3v) is 4.05. The van der Waals surface area contributed by atoms with Crippen molar-refractivity contribution in [3.63, 3.8) is 0 Å². The summed E-state index contributed by atoms with van der Waals surface area (Å²) < 4.78 is 10.6. The highest BCUT2D eigenvalue weighted by molar-refractivity contribution is 7.10. The summed E-state index contributed by atoms with van der Waals surface area (Å²) in [6.07, 6.45) is -0.690. The molecular weight excluding hydrogens is 260 g/mol. The Labute approximate surface area is 117 Å². The predicted molar refractivity (Wildman–Crippen MR) is 77.4 cm³/mol. The van der Waals surface area contributed by atoms with Crippen LogP contribution in [0.4, 0.5) is 0 Å². The van der Waals surface area contributed by atoms with Crippen LogP contribution in [0.3, 0.4) is 0 Å². The summed E-state index contributed by atoms with van der Waals surface area (Å²) in [5.41, 5.74) is 2.96. The van der Waals surface area contributed by atoms with Crippen LogP contribution in [0.25, 0.3) is 0 Å². The first-order chi connectivity index (χ1) is 9.06. The zero-order valence-electron chi connectivity index (χ0n) is 11.6. The molecule has 1 atom stereocenters. The predicted octanol–water partition coefficient (Wildman–Crippen LogP) is 3.46. The Bertz CT molecular complexity index is 575. The normalized spacial score (nSPS) is 12.3. The van der Waals surface area contributed by atoms with E-state index in [2.05, 4.69) is 0 Å². The molecule has 0 saturated carbocycles. The third-order valence-electron chi connectivity index (χ3n) is 3.09. The molecule has 3 nitrogen and oxygen atoms in total. The van der Waals surface area contributed by atoms with E-state index in [0.29, 0.717) is 0 Å². The van der Waals surface area contributed by atoms with Gasteiger partial charge in [0.25, 0.3) is 0 Å². The largest absolute Gasteiger partial charge is 0.496 e. The van der Waals surface area contributed by atoms with Crippen LogP contribution in [0.15, 0.2) is 23.6 Å². The van der Waals surface area contributed by atoms with Crippen molar-refractivity contribution in [1.82, 2.24) is 0 Å². The van der Waals surface area contributed by atoms with Gasteiger partial charge in [-0.1, -0.05) is 6.07 Å². The lowest BCUT2D eigenvalue weighted by Gasteiger charge is -2.17. The fourth-order valence-electron chi connectivity index (χ4n) is 2.19. The molecule has 0 amide bonds. The van der Waals surface area contributed by atoms with E-state index in [1.807, 2.05) is 37.4 Å². The number of aryl methyl sites for hydroxylation is 2. The van der Waals surface area contributed by atoms with Gasteiger partial charge in [0, 0.05) is 15.8 Å². The van der Waals surface area contributed by atoms with Crippen molar-refractivity contribution in [2.24, 2.45) is 0 Å². The SMILES string of the molecule is COc1csc(C(O)c2c(C)cc(C)cc2OC)c1. The highest BCUT2D eigenvalue weighted by Gasteiger charge is 2.20. The summed E-state index contributed by atoms with van der Waals surface area (Å²) >= 11 is 1.48. The van der Waals surface area contributed by atoms with Gasteiger partial charge < -0.3 is 14.6 Å². The average Bonchev–Trinajstić information content (AvgIpc) is 2.85. The molecule has 0 spiro atoms. The van der Waals surface area contributed by atoms with Crippen LogP contribution in [0, 0.1) is 13.8 Å². The van der Waals surface area contributed by atoms with Crippen molar-refractivity contribution in [2.45, 2.75) is 20.0 Å². The van der Waals surface area contributed by atoms with E-state index in [4.69, 9.17) is 9.47 Å². The number of aliphatic hydroxyl groups excluding tert-OH is 1. The molecule has 102 valence electrons. The summed E-state index contributed by atoms with van der Waals surface area (Å²) in [6.45, 7) is 4.00. The Balaban J connectivity index is 2.45. The first kappa shape index (κ1) is 13.9. The molecule has 19 heavy (non-hydrogen) atoms. The minimum Gasteiger partial charge on any atom is -0.496 e. The van der Waals surface area contributed by atoms with Gasteiger partial charge in [-0.15, -0.1) is 11.3 Å². The summed E-state index contributed by atoms with van der Waals surface area (Å²) in [5, 5.41) is 12.4. The molecule has 1 N–H and O–H groups in total. The van der Waals surface area contributed by atoms with Crippen LogP contribution in [0.1, 0.15) is 27.7 Å². The second-order valence-electron chi connectivity index (χ2n) is 4.49. The van der Waals surface area contributed by atoms with Crippen LogP contribution in [-0.2, 0) is 0 Å². The number of hydrogen-bond acceptors (Lipinski definition) is 4. The van der Waals surface area contributed by atoms with E-state index in [1.165, 1.54) is 11.3 Å². The smallest absolute Gasteiger partial charge is 0.129 e. The molecule has 0 saturated heterocycles. The van der Waals surface area contributed by atoms with Gasteiger partial charge in [-0.05, 0) is 37.1 Å². The Kier molecular flexibility index (Phi) is 4.12. The van der Waals surface area contributed by atoms with Gasteiger partial charge >= 0.3 is 0 Å². The second-order valence-corrected chi connectivity index (χ2v) is 5.43. The van der Waals surface area contributed by atoms with Crippen molar-refractivity contribution < 1.29 is 14.6 Å². The highest BCUT2D eigenvalue weighted by atomic mass is 32.1. The van der Waals surface area contributed by atoms with E-state index >= 15 is 0 Å². The van der Waals surface area contributed by atoms with E-state index in [0.717, 1.165) is 33.1 Å². The Morgan fingerprint density at radius 3 is 2.42 bits per heavy atom. The molecule has 0 bridgehead atoms. The molecule has 2 rings (SSSR count). The molecule has 0 aliphatic rings. The molecule has 1 aromatic heterocycles.